The quantitative estimate of drug-likeness (QED) is 0.465. The molecular weight excluding hydrogens is 412 g/mol. The van der Waals surface area contributed by atoms with E-state index in [1.165, 1.54) is 6.92 Å². The van der Waals surface area contributed by atoms with Gasteiger partial charge in [0.15, 0.2) is 22.1 Å². The van der Waals surface area contributed by atoms with Crippen molar-refractivity contribution in [3.8, 4) is 0 Å². The van der Waals surface area contributed by atoms with Crippen LogP contribution in [0, 0.1) is 6.92 Å². The van der Waals surface area contributed by atoms with Crippen molar-refractivity contribution >= 4 is 40.3 Å². The Morgan fingerprint density at radius 2 is 2.00 bits per heavy atom. The van der Waals surface area contributed by atoms with E-state index in [1.807, 2.05) is 26.1 Å². The maximum absolute atomic E-state index is 11.5. The first-order chi connectivity index (χ1) is 15.0. The van der Waals surface area contributed by atoms with E-state index in [0.717, 1.165) is 64.3 Å². The first-order valence-electron chi connectivity index (χ1n) is 10.5. The smallest absolute Gasteiger partial charge is 0.221 e. The summed E-state index contributed by atoms with van der Waals surface area (Å²) in [7, 11) is 2.01. The number of imidazole rings is 1. The number of anilines is 2. The lowest BCUT2D eigenvalue weighted by atomic mass is 10.1. The van der Waals surface area contributed by atoms with Gasteiger partial charge in [0.2, 0.25) is 5.91 Å². The fourth-order valence-electron chi connectivity index (χ4n) is 3.68. The van der Waals surface area contributed by atoms with Gasteiger partial charge in [0.25, 0.3) is 0 Å². The third-order valence-corrected chi connectivity index (χ3v) is 6.30. The average molecular weight is 441 g/mol. The number of nitrogens with one attached hydrogen (secondary N) is 1. The molecule has 0 bridgehead atoms. The minimum Gasteiger partial charge on any atom is -0.378 e. The summed E-state index contributed by atoms with van der Waals surface area (Å²) in [5.41, 5.74) is 4.70. The zero-order chi connectivity index (χ0) is 22.0. The van der Waals surface area contributed by atoms with Gasteiger partial charge in [-0.15, -0.1) is 0 Å². The number of carbonyl (C=O) groups excluding carboxylic acids is 1. The average Bonchev–Trinajstić information content (AvgIpc) is 3.09. The highest BCUT2D eigenvalue weighted by atomic mass is 32.2. The normalized spacial score (nSPS) is 14.3. The molecule has 0 radical (unpaired) electrons. The van der Waals surface area contributed by atoms with Crippen LogP contribution in [0.2, 0.25) is 0 Å². The third kappa shape index (κ3) is 4.67. The van der Waals surface area contributed by atoms with Crippen LogP contribution in [0.5, 0.6) is 0 Å². The van der Waals surface area contributed by atoms with Crippen molar-refractivity contribution < 1.29 is 9.53 Å². The van der Waals surface area contributed by atoms with Gasteiger partial charge in [-0.1, -0.05) is 30.8 Å². The van der Waals surface area contributed by atoms with Gasteiger partial charge in [-0.25, -0.2) is 15.0 Å². The molecule has 9 heteroatoms. The lowest BCUT2D eigenvalue weighted by Crippen LogP contribution is -2.37. The van der Waals surface area contributed by atoms with Crippen LogP contribution in [0.3, 0.4) is 0 Å². The molecule has 0 unspecified atom stereocenters. The number of aryl methyl sites for hydroxylation is 3. The van der Waals surface area contributed by atoms with Gasteiger partial charge < -0.3 is 19.5 Å². The van der Waals surface area contributed by atoms with Crippen LogP contribution >= 0.6 is 11.8 Å². The summed E-state index contributed by atoms with van der Waals surface area (Å²) >= 11 is 1.59. The maximum atomic E-state index is 11.5. The summed E-state index contributed by atoms with van der Waals surface area (Å²) in [6.45, 7) is 8.59. The first kappa shape index (κ1) is 21.6. The Bertz CT molecular complexity index is 1110. The number of nitrogens with zero attached hydrogens (tertiary/aromatic N) is 5. The number of hydrogen-bond donors (Lipinski definition) is 1. The van der Waals surface area contributed by atoms with Crippen LogP contribution in [0.25, 0.3) is 11.2 Å². The molecule has 164 valence electrons. The van der Waals surface area contributed by atoms with Crippen LogP contribution < -0.4 is 10.2 Å². The molecule has 1 saturated heterocycles. The van der Waals surface area contributed by atoms with Crippen molar-refractivity contribution in [3.05, 3.63) is 35.2 Å². The van der Waals surface area contributed by atoms with Crippen LogP contribution in [-0.4, -0.2) is 51.7 Å². The summed E-state index contributed by atoms with van der Waals surface area (Å²) in [6, 6.07) is 6.12. The van der Waals surface area contributed by atoms with Gasteiger partial charge in [-0.05, 0) is 24.1 Å². The molecule has 3 aromatic rings. The Morgan fingerprint density at radius 3 is 2.71 bits per heavy atom. The second kappa shape index (κ2) is 9.23. The highest BCUT2D eigenvalue weighted by Crippen LogP contribution is 2.30. The Labute approximate surface area is 186 Å². The highest BCUT2D eigenvalue weighted by Gasteiger charge is 2.21. The van der Waals surface area contributed by atoms with E-state index in [0.29, 0.717) is 19.0 Å². The molecule has 1 aromatic carbocycles. The molecule has 1 aliphatic heterocycles. The van der Waals surface area contributed by atoms with Crippen molar-refractivity contribution in [2.45, 2.75) is 38.1 Å². The molecule has 8 nitrogen and oxygen atoms in total. The molecule has 2 aromatic heterocycles. The molecule has 4 rings (SSSR count). The van der Waals surface area contributed by atoms with E-state index < -0.39 is 0 Å². The van der Waals surface area contributed by atoms with Crippen molar-refractivity contribution in [1.29, 1.82) is 0 Å². The molecule has 0 spiro atoms. The largest absolute Gasteiger partial charge is 0.378 e. The van der Waals surface area contributed by atoms with Gasteiger partial charge in [0.05, 0.1) is 13.2 Å². The Morgan fingerprint density at radius 1 is 1.23 bits per heavy atom. The lowest BCUT2D eigenvalue weighted by Gasteiger charge is -2.28. The first-order valence-corrected chi connectivity index (χ1v) is 11.5. The number of carbonyl (C=O) groups is 1. The SMILES string of the molecule is CCc1nc2c(N3CCOCC3)nc(SCc3ccc(C)c(NC(C)=O)c3)nc2n1C. The Hall–Kier alpha value is -2.65. The molecule has 0 aliphatic carbocycles. The molecule has 31 heavy (non-hydrogen) atoms. The van der Waals surface area contributed by atoms with E-state index >= 15 is 0 Å². The van der Waals surface area contributed by atoms with E-state index in [-0.39, 0.29) is 5.91 Å². The fourth-order valence-corrected chi connectivity index (χ4v) is 4.46. The molecule has 0 saturated carbocycles. The van der Waals surface area contributed by atoms with Crippen molar-refractivity contribution in [1.82, 2.24) is 19.5 Å². The van der Waals surface area contributed by atoms with Crippen molar-refractivity contribution in [3.63, 3.8) is 0 Å². The summed E-state index contributed by atoms with van der Waals surface area (Å²) < 4.78 is 7.58. The van der Waals surface area contributed by atoms with Gasteiger partial charge in [0.1, 0.15) is 5.82 Å². The number of amides is 1. The topological polar surface area (TPSA) is 85.2 Å². The molecule has 1 amide bonds. The molecule has 0 atom stereocenters. The summed E-state index contributed by atoms with van der Waals surface area (Å²) in [5, 5.41) is 3.62. The summed E-state index contributed by atoms with van der Waals surface area (Å²) in [5.74, 6) is 2.52. The number of morpholine rings is 1. The molecular formula is C22H28N6O2S. The molecule has 1 N–H and O–H groups in total. The van der Waals surface area contributed by atoms with E-state index in [9.17, 15) is 4.79 Å². The van der Waals surface area contributed by atoms with Crippen molar-refractivity contribution in [2.75, 3.05) is 36.5 Å². The number of ether oxygens (including phenoxy) is 1. The Balaban J connectivity index is 1.64. The molecule has 3 heterocycles. The van der Waals surface area contributed by atoms with E-state index in [2.05, 4.69) is 27.8 Å². The Kier molecular flexibility index (Phi) is 6.43. The van der Waals surface area contributed by atoms with E-state index in [4.69, 9.17) is 19.7 Å². The van der Waals surface area contributed by atoms with Crippen LogP contribution in [0.4, 0.5) is 11.5 Å². The molecule has 1 fully saturated rings. The maximum Gasteiger partial charge on any atom is 0.221 e. The second-order valence-corrected chi connectivity index (χ2v) is 8.60. The number of rotatable bonds is 6. The standard InChI is InChI=1S/C22H28N6O2S/c1-5-18-24-19-20(27(18)4)25-22(26-21(19)28-8-10-30-11-9-28)31-13-16-7-6-14(2)17(12-16)23-15(3)29/h6-7,12H,5,8-11,13H2,1-4H3,(H,23,29). The number of aromatic nitrogens is 4. The highest BCUT2D eigenvalue weighted by molar-refractivity contribution is 7.98. The zero-order valence-corrected chi connectivity index (χ0v) is 19.3. The number of benzene rings is 1. The minimum atomic E-state index is -0.0697. The summed E-state index contributed by atoms with van der Waals surface area (Å²) in [6.07, 6.45) is 0.840. The van der Waals surface area contributed by atoms with Crippen LogP contribution in [-0.2, 0) is 28.8 Å². The predicted octanol–water partition coefficient (Wildman–Crippen LogP) is 3.32. The van der Waals surface area contributed by atoms with Gasteiger partial charge in [-0.2, -0.15) is 0 Å². The number of fused-ring (bicyclic) bond motifs is 1. The van der Waals surface area contributed by atoms with Crippen LogP contribution in [0.1, 0.15) is 30.8 Å². The predicted molar refractivity (Wildman–Crippen MR) is 124 cm³/mol. The third-order valence-electron chi connectivity index (χ3n) is 5.38. The number of thioether (sulfide) groups is 1. The van der Waals surface area contributed by atoms with Gasteiger partial charge in [-0.3, -0.25) is 4.79 Å². The van der Waals surface area contributed by atoms with Gasteiger partial charge >= 0.3 is 0 Å². The minimum absolute atomic E-state index is 0.0697. The van der Waals surface area contributed by atoms with Gasteiger partial charge in [0, 0.05) is 44.9 Å². The van der Waals surface area contributed by atoms with Crippen molar-refractivity contribution in [2.24, 2.45) is 7.05 Å². The summed E-state index contributed by atoms with van der Waals surface area (Å²) in [4.78, 5) is 28.3. The molecule has 1 aliphatic rings. The van der Waals surface area contributed by atoms with E-state index in [1.54, 1.807) is 11.8 Å². The monoisotopic (exact) mass is 440 g/mol. The van der Waals surface area contributed by atoms with Crippen LogP contribution in [0.15, 0.2) is 23.4 Å². The second-order valence-electron chi connectivity index (χ2n) is 7.66. The zero-order valence-electron chi connectivity index (χ0n) is 18.4. The lowest BCUT2D eigenvalue weighted by molar-refractivity contribution is -0.114. The fraction of sp³-hybridized carbons (Fsp3) is 0.455. The number of hydrogen-bond acceptors (Lipinski definition) is 7.